The first kappa shape index (κ1) is 22.6. The van der Waals surface area contributed by atoms with Crippen LogP contribution in [0, 0.1) is 5.92 Å². The van der Waals surface area contributed by atoms with Crippen LogP contribution in [0.4, 0.5) is 24.5 Å². The van der Waals surface area contributed by atoms with Gasteiger partial charge in [-0.15, -0.1) is 0 Å². The average Bonchev–Trinajstić information content (AvgIpc) is 3.47. The monoisotopic (exact) mass is 454 g/mol. The van der Waals surface area contributed by atoms with E-state index in [9.17, 15) is 26.4 Å². The lowest BCUT2D eigenvalue weighted by molar-refractivity contribution is -0.137. The van der Waals surface area contributed by atoms with Gasteiger partial charge in [0.15, 0.2) is 0 Å². The molecule has 0 aliphatic heterocycles. The average molecular weight is 454 g/mol. The summed E-state index contributed by atoms with van der Waals surface area (Å²) >= 11 is 0. The van der Waals surface area contributed by atoms with Crippen LogP contribution in [-0.4, -0.2) is 25.5 Å². The molecule has 7 nitrogen and oxygen atoms in total. The predicted molar refractivity (Wildman–Crippen MR) is 114 cm³/mol. The lowest BCUT2D eigenvalue weighted by Crippen LogP contribution is -2.18. The van der Waals surface area contributed by atoms with Gasteiger partial charge in [0.2, 0.25) is 10.0 Å². The van der Waals surface area contributed by atoms with E-state index in [2.05, 4.69) is 4.99 Å². The standard InChI is InChI=1S/C20H21F3N4O3S/c1-31(29,30)26-15-4-6-17(18(8-15)20(21,22)23)14(9-24)10-25-16-5-7-19(28)27(12-16)11-13-2-3-13/h4-10,12-13,26H,2-3,11,24H2,1H3. The van der Waals surface area contributed by atoms with Crippen LogP contribution in [0.15, 0.2) is 52.5 Å². The number of benzene rings is 1. The molecule has 1 aromatic heterocycles. The molecule has 0 radical (unpaired) electrons. The number of hydrogen-bond acceptors (Lipinski definition) is 5. The topological polar surface area (TPSA) is 107 Å². The minimum atomic E-state index is -4.76. The molecule has 0 bridgehead atoms. The summed E-state index contributed by atoms with van der Waals surface area (Å²) < 4.78 is 67.1. The van der Waals surface area contributed by atoms with Crippen LogP contribution < -0.4 is 16.0 Å². The second kappa shape index (κ2) is 8.58. The molecular formula is C20H21F3N4O3S. The highest BCUT2D eigenvalue weighted by Crippen LogP contribution is 2.36. The first-order chi connectivity index (χ1) is 14.5. The second-order valence-electron chi connectivity index (χ2n) is 7.33. The Kier molecular flexibility index (Phi) is 6.25. The van der Waals surface area contributed by atoms with Crippen LogP contribution >= 0.6 is 0 Å². The molecule has 1 aliphatic carbocycles. The van der Waals surface area contributed by atoms with Crippen molar-refractivity contribution in [3.63, 3.8) is 0 Å². The van der Waals surface area contributed by atoms with Gasteiger partial charge in [-0.2, -0.15) is 13.2 Å². The minimum absolute atomic E-state index is 0.0156. The smallest absolute Gasteiger partial charge is 0.404 e. The highest BCUT2D eigenvalue weighted by atomic mass is 32.2. The van der Waals surface area contributed by atoms with Gasteiger partial charge in [-0.25, -0.2) is 8.42 Å². The zero-order valence-corrected chi connectivity index (χ0v) is 17.4. The molecule has 0 atom stereocenters. The summed E-state index contributed by atoms with van der Waals surface area (Å²) in [6, 6.07) is 5.85. The molecule has 1 aromatic carbocycles. The SMILES string of the molecule is CS(=O)(=O)Nc1ccc(C(C=Nc2ccc(=O)n(CC3CC3)c2)=CN)c(C(F)(F)F)c1. The van der Waals surface area contributed by atoms with Crippen molar-refractivity contribution in [2.75, 3.05) is 11.0 Å². The van der Waals surface area contributed by atoms with Gasteiger partial charge in [-0.05, 0) is 42.5 Å². The van der Waals surface area contributed by atoms with Crippen LogP contribution in [0.25, 0.3) is 5.57 Å². The van der Waals surface area contributed by atoms with E-state index in [0.717, 1.165) is 31.4 Å². The van der Waals surface area contributed by atoms with Gasteiger partial charge in [0, 0.05) is 42.5 Å². The largest absolute Gasteiger partial charge is 0.417 e. The van der Waals surface area contributed by atoms with Gasteiger partial charge in [-0.3, -0.25) is 14.5 Å². The third-order valence-corrected chi connectivity index (χ3v) is 5.20. The van der Waals surface area contributed by atoms with E-state index >= 15 is 0 Å². The molecule has 0 amide bonds. The number of allylic oxidation sites excluding steroid dienone is 1. The number of aliphatic imine (C=N–C) groups is 1. The quantitative estimate of drug-likeness (QED) is 0.626. The van der Waals surface area contributed by atoms with Crippen molar-refractivity contribution in [1.29, 1.82) is 0 Å². The molecule has 3 rings (SSSR count). The Labute approximate surface area is 177 Å². The number of pyridine rings is 1. The highest BCUT2D eigenvalue weighted by Gasteiger charge is 2.34. The number of hydrogen-bond donors (Lipinski definition) is 2. The van der Waals surface area contributed by atoms with Gasteiger partial charge in [0.1, 0.15) is 0 Å². The lowest BCUT2D eigenvalue weighted by atomic mass is 10.00. The number of rotatable bonds is 7. The highest BCUT2D eigenvalue weighted by molar-refractivity contribution is 7.92. The van der Waals surface area contributed by atoms with E-state index in [1.165, 1.54) is 29.0 Å². The van der Waals surface area contributed by atoms with E-state index in [1.54, 1.807) is 6.20 Å². The number of nitrogens with one attached hydrogen (secondary N) is 1. The normalized spacial score (nSPS) is 15.4. The maximum atomic E-state index is 13.6. The van der Waals surface area contributed by atoms with Crippen LogP contribution in [0.5, 0.6) is 0 Å². The number of aromatic nitrogens is 1. The van der Waals surface area contributed by atoms with E-state index in [-0.39, 0.29) is 22.4 Å². The number of nitrogens with two attached hydrogens (primary N) is 1. The third-order valence-electron chi connectivity index (χ3n) is 4.59. The molecule has 1 saturated carbocycles. The zero-order valence-electron chi connectivity index (χ0n) is 16.6. The zero-order chi connectivity index (χ0) is 22.8. The van der Waals surface area contributed by atoms with Crippen molar-refractivity contribution in [3.05, 3.63) is 64.2 Å². The third kappa shape index (κ3) is 6.20. The summed E-state index contributed by atoms with van der Waals surface area (Å²) in [4.78, 5) is 16.1. The van der Waals surface area contributed by atoms with Gasteiger partial charge >= 0.3 is 6.18 Å². The Morgan fingerprint density at radius 1 is 1.29 bits per heavy atom. The predicted octanol–water partition coefficient (Wildman–Crippen LogP) is 3.35. The fourth-order valence-corrected chi connectivity index (χ4v) is 3.53. The Morgan fingerprint density at radius 2 is 2.00 bits per heavy atom. The fourth-order valence-electron chi connectivity index (χ4n) is 2.97. The van der Waals surface area contributed by atoms with Gasteiger partial charge < -0.3 is 10.3 Å². The van der Waals surface area contributed by atoms with Gasteiger partial charge in [0.25, 0.3) is 5.56 Å². The molecule has 3 N–H and O–H groups in total. The van der Waals surface area contributed by atoms with Crippen molar-refractivity contribution in [1.82, 2.24) is 4.57 Å². The molecule has 166 valence electrons. The number of halogens is 3. The molecule has 0 spiro atoms. The molecule has 0 saturated heterocycles. The first-order valence-electron chi connectivity index (χ1n) is 9.32. The summed E-state index contributed by atoms with van der Waals surface area (Å²) in [6.45, 7) is 0.578. The number of alkyl halides is 3. The van der Waals surface area contributed by atoms with Crippen LogP contribution in [0.3, 0.4) is 0 Å². The fraction of sp³-hybridized carbons (Fsp3) is 0.300. The summed E-state index contributed by atoms with van der Waals surface area (Å²) in [5.74, 6) is 0.463. The van der Waals surface area contributed by atoms with Crippen molar-refractivity contribution in [3.8, 4) is 0 Å². The minimum Gasteiger partial charge on any atom is -0.404 e. The van der Waals surface area contributed by atoms with Crippen LogP contribution in [-0.2, 0) is 22.7 Å². The van der Waals surface area contributed by atoms with Crippen molar-refractivity contribution >= 4 is 33.2 Å². The molecule has 1 heterocycles. The molecule has 31 heavy (non-hydrogen) atoms. The van der Waals surface area contributed by atoms with Crippen LogP contribution in [0.1, 0.15) is 24.0 Å². The van der Waals surface area contributed by atoms with E-state index in [1.807, 2.05) is 4.72 Å². The maximum absolute atomic E-state index is 13.6. The second-order valence-corrected chi connectivity index (χ2v) is 9.08. The molecule has 1 aliphatic rings. The maximum Gasteiger partial charge on any atom is 0.417 e. The summed E-state index contributed by atoms with van der Waals surface area (Å²) in [5, 5.41) is 0. The summed E-state index contributed by atoms with van der Waals surface area (Å²) in [6.07, 6.45) is 1.91. The Hall–Kier alpha value is -3.08. The van der Waals surface area contributed by atoms with Gasteiger partial charge in [0.05, 0.1) is 17.5 Å². The Balaban J connectivity index is 1.94. The van der Waals surface area contributed by atoms with Gasteiger partial charge in [-0.1, -0.05) is 6.07 Å². The summed E-state index contributed by atoms with van der Waals surface area (Å²) in [7, 11) is -3.75. The van der Waals surface area contributed by atoms with Crippen molar-refractivity contribution < 1.29 is 21.6 Å². The molecular weight excluding hydrogens is 433 g/mol. The lowest BCUT2D eigenvalue weighted by Gasteiger charge is -2.15. The van der Waals surface area contributed by atoms with E-state index in [4.69, 9.17) is 5.73 Å². The number of anilines is 1. The first-order valence-corrected chi connectivity index (χ1v) is 11.2. The number of sulfonamides is 1. The van der Waals surface area contributed by atoms with E-state index in [0.29, 0.717) is 24.2 Å². The Bertz CT molecular complexity index is 1200. The molecule has 2 aromatic rings. The van der Waals surface area contributed by atoms with E-state index < -0.39 is 21.8 Å². The molecule has 1 fully saturated rings. The molecule has 11 heteroatoms. The Morgan fingerprint density at radius 3 is 2.58 bits per heavy atom. The van der Waals surface area contributed by atoms with Crippen molar-refractivity contribution in [2.45, 2.75) is 25.6 Å². The van der Waals surface area contributed by atoms with Crippen molar-refractivity contribution in [2.24, 2.45) is 16.6 Å². The molecule has 0 unspecified atom stereocenters. The number of nitrogens with zero attached hydrogens (tertiary/aromatic N) is 2. The van der Waals surface area contributed by atoms with Crippen LogP contribution in [0.2, 0.25) is 0 Å². The summed E-state index contributed by atoms with van der Waals surface area (Å²) in [5.41, 5.74) is 4.22.